The van der Waals surface area contributed by atoms with E-state index in [1.807, 2.05) is 13.0 Å². The maximum Gasteiger partial charge on any atom is 0.316 e. The molecule has 0 bridgehead atoms. The van der Waals surface area contributed by atoms with Gasteiger partial charge in [-0.15, -0.1) is 6.58 Å². The lowest BCUT2D eigenvalue weighted by Gasteiger charge is -2.42. The first-order valence-electron chi connectivity index (χ1n) is 9.42. The van der Waals surface area contributed by atoms with Crippen LogP contribution < -0.4 is 4.74 Å². The van der Waals surface area contributed by atoms with Gasteiger partial charge in [0, 0.05) is 25.4 Å². The molecule has 1 heterocycles. The maximum atomic E-state index is 6.70. The van der Waals surface area contributed by atoms with Crippen LogP contribution in [-0.2, 0) is 9.16 Å². The molecule has 0 N–H and O–H groups in total. The predicted octanol–water partition coefficient (Wildman–Crippen LogP) is 5.03. The van der Waals surface area contributed by atoms with Gasteiger partial charge in [0.2, 0.25) is 0 Å². The van der Waals surface area contributed by atoms with Crippen molar-refractivity contribution in [1.82, 2.24) is 9.97 Å². The SMILES string of the molecule is C=C[C@H](OC)[C@@H](O[Si](C)(C)C(C)(C)C)[C@H](C)/C=C(/C)COc1ncccn1. The summed E-state index contributed by atoms with van der Waals surface area (Å²) in [5.41, 5.74) is 1.10. The molecule has 0 aliphatic carbocycles. The summed E-state index contributed by atoms with van der Waals surface area (Å²) in [5.74, 6) is 0.141. The molecule has 0 aliphatic rings. The highest BCUT2D eigenvalue weighted by molar-refractivity contribution is 6.74. The molecule has 0 radical (unpaired) electrons. The number of rotatable bonds is 10. The lowest BCUT2D eigenvalue weighted by Crippen LogP contribution is -2.49. The molecular weight excluding hydrogens is 356 g/mol. The molecule has 27 heavy (non-hydrogen) atoms. The third-order valence-electron chi connectivity index (χ3n) is 5.10. The summed E-state index contributed by atoms with van der Waals surface area (Å²) >= 11 is 0. The van der Waals surface area contributed by atoms with Gasteiger partial charge in [0.25, 0.3) is 0 Å². The zero-order valence-electron chi connectivity index (χ0n) is 18.2. The van der Waals surface area contributed by atoms with Crippen LogP contribution in [0.25, 0.3) is 0 Å². The minimum absolute atomic E-state index is 0.101. The van der Waals surface area contributed by atoms with Gasteiger partial charge in [-0.2, -0.15) is 0 Å². The van der Waals surface area contributed by atoms with Crippen LogP contribution in [0.3, 0.4) is 0 Å². The Morgan fingerprint density at radius 2 is 1.85 bits per heavy atom. The van der Waals surface area contributed by atoms with Crippen molar-refractivity contribution in [3.63, 3.8) is 0 Å². The molecule has 0 saturated heterocycles. The summed E-state index contributed by atoms with van der Waals surface area (Å²) in [7, 11) is -0.255. The molecule has 5 nitrogen and oxygen atoms in total. The Hall–Kier alpha value is -1.50. The molecule has 152 valence electrons. The van der Waals surface area contributed by atoms with Gasteiger partial charge in [-0.3, -0.25) is 0 Å². The first kappa shape index (κ1) is 23.5. The number of methoxy groups -OCH3 is 1. The van der Waals surface area contributed by atoms with Crippen molar-refractivity contribution in [2.75, 3.05) is 13.7 Å². The molecular formula is C21H36N2O3Si. The van der Waals surface area contributed by atoms with Crippen molar-refractivity contribution in [2.24, 2.45) is 5.92 Å². The van der Waals surface area contributed by atoms with E-state index < -0.39 is 8.32 Å². The number of aromatic nitrogens is 2. The maximum absolute atomic E-state index is 6.70. The van der Waals surface area contributed by atoms with Gasteiger partial charge in [0.05, 0.1) is 6.10 Å². The molecule has 3 atom stereocenters. The molecule has 1 rings (SSSR count). The van der Waals surface area contributed by atoms with Crippen LogP contribution in [0.2, 0.25) is 18.1 Å². The lowest BCUT2D eigenvalue weighted by atomic mass is 9.97. The van der Waals surface area contributed by atoms with Crippen LogP contribution in [-0.4, -0.2) is 44.2 Å². The molecule has 0 amide bonds. The summed E-state index contributed by atoms with van der Waals surface area (Å²) in [4.78, 5) is 8.16. The van der Waals surface area contributed by atoms with Gasteiger partial charge in [-0.25, -0.2) is 9.97 Å². The molecule has 6 heteroatoms. The van der Waals surface area contributed by atoms with Crippen molar-refractivity contribution in [3.8, 4) is 6.01 Å². The van der Waals surface area contributed by atoms with Gasteiger partial charge in [-0.1, -0.05) is 39.8 Å². The van der Waals surface area contributed by atoms with E-state index in [0.29, 0.717) is 12.6 Å². The monoisotopic (exact) mass is 392 g/mol. The first-order chi connectivity index (χ1) is 12.5. The van der Waals surface area contributed by atoms with Crippen LogP contribution in [0.1, 0.15) is 34.6 Å². The summed E-state index contributed by atoms with van der Waals surface area (Å²) in [5, 5.41) is 0.122. The fourth-order valence-electron chi connectivity index (χ4n) is 2.49. The summed E-state index contributed by atoms with van der Waals surface area (Å²) in [6, 6.07) is 2.15. The minimum Gasteiger partial charge on any atom is -0.459 e. The third kappa shape index (κ3) is 7.20. The molecule has 0 aromatic carbocycles. The highest BCUT2D eigenvalue weighted by Gasteiger charge is 2.41. The van der Waals surface area contributed by atoms with E-state index in [-0.39, 0.29) is 23.2 Å². The molecule has 0 spiro atoms. The van der Waals surface area contributed by atoms with E-state index in [1.165, 1.54) is 0 Å². The van der Waals surface area contributed by atoms with Gasteiger partial charge < -0.3 is 13.9 Å². The average molecular weight is 393 g/mol. The molecule has 0 saturated carbocycles. The molecule has 1 aromatic heterocycles. The molecule has 0 fully saturated rings. The van der Waals surface area contributed by atoms with Gasteiger partial charge in [-0.05, 0) is 36.7 Å². The van der Waals surface area contributed by atoms with E-state index in [0.717, 1.165) is 5.57 Å². The fourth-order valence-corrected chi connectivity index (χ4v) is 3.87. The lowest BCUT2D eigenvalue weighted by molar-refractivity contribution is 0.00592. The smallest absolute Gasteiger partial charge is 0.316 e. The van der Waals surface area contributed by atoms with E-state index in [9.17, 15) is 0 Å². The third-order valence-corrected chi connectivity index (χ3v) is 9.58. The van der Waals surface area contributed by atoms with E-state index in [2.05, 4.69) is 63.4 Å². The summed E-state index contributed by atoms with van der Waals surface area (Å²) < 4.78 is 18.0. The van der Waals surface area contributed by atoms with Crippen LogP contribution in [0.15, 0.2) is 42.8 Å². The van der Waals surface area contributed by atoms with E-state index in [1.54, 1.807) is 25.6 Å². The van der Waals surface area contributed by atoms with Crippen molar-refractivity contribution in [2.45, 2.75) is 65.0 Å². The first-order valence-corrected chi connectivity index (χ1v) is 12.3. The topological polar surface area (TPSA) is 53.5 Å². The van der Waals surface area contributed by atoms with E-state index in [4.69, 9.17) is 13.9 Å². The molecule has 0 aliphatic heterocycles. The second-order valence-electron chi connectivity index (χ2n) is 8.47. The highest BCUT2D eigenvalue weighted by Crippen LogP contribution is 2.39. The number of hydrogen-bond donors (Lipinski definition) is 0. The Balaban J connectivity index is 2.91. The summed E-state index contributed by atoms with van der Waals surface area (Å²) in [6.45, 7) is 19.8. The largest absolute Gasteiger partial charge is 0.459 e. The molecule has 1 aromatic rings. The standard InChI is InChI=1S/C21H36N2O3Si/c1-10-18(24-7)19(26-27(8,9)21(4,5)6)17(3)14-16(2)15-25-20-22-12-11-13-23-20/h10-14,17-19H,1,15H2,2-9H3/b16-14-/t17-,18+,19+/m1/s1. The molecule has 0 unspecified atom stereocenters. The Kier molecular flexibility index (Phi) is 8.85. The van der Waals surface area contributed by atoms with E-state index >= 15 is 0 Å². The van der Waals surface area contributed by atoms with Crippen LogP contribution in [0.4, 0.5) is 0 Å². The van der Waals surface area contributed by atoms with Crippen LogP contribution in [0, 0.1) is 5.92 Å². The van der Waals surface area contributed by atoms with Crippen molar-refractivity contribution < 1.29 is 13.9 Å². The second kappa shape index (κ2) is 10.2. The number of hydrogen-bond acceptors (Lipinski definition) is 5. The summed E-state index contributed by atoms with van der Waals surface area (Å²) in [6.07, 6.45) is 7.07. The Morgan fingerprint density at radius 3 is 2.33 bits per heavy atom. The Labute approximate surface area is 166 Å². The number of nitrogens with zero attached hydrogens (tertiary/aromatic N) is 2. The van der Waals surface area contributed by atoms with Gasteiger partial charge in [0.15, 0.2) is 8.32 Å². The number of ether oxygens (including phenoxy) is 2. The minimum atomic E-state index is -1.96. The zero-order chi connectivity index (χ0) is 20.7. The zero-order valence-corrected chi connectivity index (χ0v) is 19.2. The predicted molar refractivity (Wildman–Crippen MR) is 114 cm³/mol. The highest BCUT2D eigenvalue weighted by atomic mass is 28.4. The quantitative estimate of drug-likeness (QED) is 0.413. The Bertz CT molecular complexity index is 612. The average Bonchev–Trinajstić information content (AvgIpc) is 2.60. The van der Waals surface area contributed by atoms with Crippen molar-refractivity contribution in [3.05, 3.63) is 42.8 Å². The van der Waals surface area contributed by atoms with Crippen molar-refractivity contribution >= 4 is 8.32 Å². The normalized spacial score (nSPS) is 16.5. The van der Waals surface area contributed by atoms with Crippen LogP contribution >= 0.6 is 0 Å². The van der Waals surface area contributed by atoms with Crippen molar-refractivity contribution in [1.29, 1.82) is 0 Å². The second-order valence-corrected chi connectivity index (χ2v) is 13.2. The Morgan fingerprint density at radius 1 is 1.26 bits per heavy atom. The van der Waals surface area contributed by atoms with Gasteiger partial charge in [0.1, 0.15) is 12.7 Å². The van der Waals surface area contributed by atoms with Gasteiger partial charge >= 0.3 is 6.01 Å². The van der Waals surface area contributed by atoms with Crippen LogP contribution in [0.5, 0.6) is 6.01 Å². The fraction of sp³-hybridized carbons (Fsp3) is 0.619.